The molecule has 0 spiro atoms. The van der Waals surface area contributed by atoms with Gasteiger partial charge in [-0.05, 0) is 43.1 Å². The van der Waals surface area contributed by atoms with Crippen molar-refractivity contribution in [1.29, 1.82) is 0 Å². The van der Waals surface area contributed by atoms with Crippen LogP contribution in [-0.2, 0) is 13.1 Å². The van der Waals surface area contributed by atoms with Crippen LogP contribution in [0.3, 0.4) is 0 Å². The number of nitrogens with one attached hydrogen (secondary N) is 1. The second-order valence-corrected chi connectivity index (χ2v) is 6.11. The van der Waals surface area contributed by atoms with Crippen molar-refractivity contribution in [3.63, 3.8) is 0 Å². The first-order chi connectivity index (χ1) is 9.95. The van der Waals surface area contributed by atoms with Crippen LogP contribution in [0.15, 0.2) is 24.4 Å². The fourth-order valence-electron chi connectivity index (χ4n) is 2.15. The zero-order valence-electron chi connectivity index (χ0n) is 12.7. The molecule has 0 atom stereocenters. The molecule has 0 aliphatic rings. The summed E-state index contributed by atoms with van der Waals surface area (Å²) in [6, 6.07) is 4.39. The van der Waals surface area contributed by atoms with E-state index in [0.29, 0.717) is 17.5 Å². The number of aromatic nitrogens is 2. The van der Waals surface area contributed by atoms with Crippen molar-refractivity contribution >= 4 is 11.6 Å². The molecule has 114 valence electrons. The number of rotatable bonds is 6. The maximum atomic E-state index is 13.3. The second kappa shape index (κ2) is 7.05. The van der Waals surface area contributed by atoms with Gasteiger partial charge in [0.05, 0.1) is 12.2 Å². The van der Waals surface area contributed by atoms with E-state index in [9.17, 15) is 4.39 Å². The van der Waals surface area contributed by atoms with Gasteiger partial charge in [-0.25, -0.2) is 4.39 Å². The second-order valence-electron chi connectivity index (χ2n) is 5.70. The Hall–Kier alpha value is -1.39. The fourth-order valence-corrected chi connectivity index (χ4v) is 2.33. The van der Waals surface area contributed by atoms with Crippen molar-refractivity contribution in [3.05, 3.63) is 52.1 Å². The third kappa shape index (κ3) is 4.55. The molecule has 0 amide bonds. The molecule has 0 aliphatic carbocycles. The fraction of sp³-hybridized carbons (Fsp3) is 0.438. The van der Waals surface area contributed by atoms with Crippen LogP contribution in [0.4, 0.5) is 4.39 Å². The highest BCUT2D eigenvalue weighted by molar-refractivity contribution is 6.31. The van der Waals surface area contributed by atoms with Crippen molar-refractivity contribution in [2.45, 2.75) is 33.9 Å². The van der Waals surface area contributed by atoms with Gasteiger partial charge < -0.3 is 5.32 Å². The summed E-state index contributed by atoms with van der Waals surface area (Å²) in [5, 5.41) is 8.43. The molecule has 0 radical (unpaired) electrons. The van der Waals surface area contributed by atoms with Crippen LogP contribution in [0.2, 0.25) is 5.02 Å². The molecule has 0 saturated heterocycles. The normalized spacial score (nSPS) is 11.3. The van der Waals surface area contributed by atoms with Gasteiger partial charge in [-0.2, -0.15) is 5.10 Å². The van der Waals surface area contributed by atoms with Crippen LogP contribution in [0.1, 0.15) is 30.7 Å². The van der Waals surface area contributed by atoms with Gasteiger partial charge in [0, 0.05) is 23.3 Å². The van der Waals surface area contributed by atoms with Crippen LogP contribution in [0.5, 0.6) is 0 Å². The molecule has 0 fully saturated rings. The Bertz CT molecular complexity index is 608. The molecule has 0 bridgehead atoms. The summed E-state index contributed by atoms with van der Waals surface area (Å²) in [7, 11) is 0. The summed E-state index contributed by atoms with van der Waals surface area (Å²) in [6.07, 6.45) is 1.99. The van der Waals surface area contributed by atoms with Gasteiger partial charge in [0.25, 0.3) is 0 Å². The highest BCUT2D eigenvalue weighted by Crippen LogP contribution is 2.18. The van der Waals surface area contributed by atoms with E-state index >= 15 is 0 Å². The molecule has 0 saturated carbocycles. The van der Waals surface area contributed by atoms with Crippen LogP contribution < -0.4 is 5.32 Å². The lowest BCUT2D eigenvalue weighted by Gasteiger charge is -2.06. The van der Waals surface area contributed by atoms with Crippen molar-refractivity contribution in [2.24, 2.45) is 5.92 Å². The van der Waals surface area contributed by atoms with Crippen molar-refractivity contribution in [3.8, 4) is 0 Å². The standard InChI is InChI=1S/C16H21ClFN3/c1-11(2)7-19-8-14-10-21(20-12(14)3)9-13-6-15(18)4-5-16(13)17/h4-6,10-11,19H,7-9H2,1-3H3. The van der Waals surface area contributed by atoms with Gasteiger partial charge in [0.2, 0.25) is 0 Å². The zero-order chi connectivity index (χ0) is 15.4. The highest BCUT2D eigenvalue weighted by Gasteiger charge is 2.08. The SMILES string of the molecule is Cc1nn(Cc2cc(F)ccc2Cl)cc1CNCC(C)C. The van der Waals surface area contributed by atoms with Crippen molar-refractivity contribution in [2.75, 3.05) is 6.54 Å². The molecule has 1 N–H and O–H groups in total. The quantitative estimate of drug-likeness (QED) is 0.880. The number of nitrogens with zero attached hydrogens (tertiary/aromatic N) is 2. The van der Waals surface area contributed by atoms with Crippen LogP contribution >= 0.6 is 11.6 Å². The van der Waals surface area contributed by atoms with Crippen molar-refractivity contribution in [1.82, 2.24) is 15.1 Å². The molecule has 2 rings (SSSR count). The van der Waals surface area contributed by atoms with Crippen LogP contribution in [0, 0.1) is 18.7 Å². The Morgan fingerprint density at radius 3 is 2.81 bits per heavy atom. The Morgan fingerprint density at radius 1 is 1.33 bits per heavy atom. The minimum atomic E-state index is -0.280. The maximum absolute atomic E-state index is 13.3. The minimum Gasteiger partial charge on any atom is -0.312 e. The van der Waals surface area contributed by atoms with Gasteiger partial charge >= 0.3 is 0 Å². The molecule has 1 aromatic carbocycles. The Morgan fingerprint density at radius 2 is 2.10 bits per heavy atom. The van der Waals surface area contributed by atoms with E-state index in [0.717, 1.165) is 29.9 Å². The molecular formula is C16H21ClFN3. The molecule has 1 aromatic heterocycles. The smallest absolute Gasteiger partial charge is 0.123 e. The van der Waals surface area contributed by atoms with Gasteiger partial charge in [-0.1, -0.05) is 25.4 Å². The number of hydrogen-bond donors (Lipinski definition) is 1. The van der Waals surface area contributed by atoms with E-state index in [4.69, 9.17) is 11.6 Å². The predicted molar refractivity (Wildman–Crippen MR) is 84.0 cm³/mol. The van der Waals surface area contributed by atoms with Crippen molar-refractivity contribution < 1.29 is 4.39 Å². The number of benzene rings is 1. The molecule has 2 aromatic rings. The van der Waals surface area contributed by atoms with Gasteiger partial charge in [0.15, 0.2) is 0 Å². The first-order valence-corrected chi connectivity index (χ1v) is 7.51. The van der Waals surface area contributed by atoms with Crippen LogP contribution in [-0.4, -0.2) is 16.3 Å². The van der Waals surface area contributed by atoms with E-state index < -0.39 is 0 Å². The summed E-state index contributed by atoms with van der Waals surface area (Å²) in [4.78, 5) is 0. The maximum Gasteiger partial charge on any atom is 0.123 e. The summed E-state index contributed by atoms with van der Waals surface area (Å²) in [5.74, 6) is 0.337. The monoisotopic (exact) mass is 309 g/mol. The summed E-state index contributed by atoms with van der Waals surface area (Å²) in [5.41, 5.74) is 2.88. The van der Waals surface area contributed by atoms with E-state index in [2.05, 4.69) is 24.3 Å². The lowest BCUT2D eigenvalue weighted by molar-refractivity contribution is 0.551. The zero-order valence-corrected chi connectivity index (χ0v) is 13.4. The lowest BCUT2D eigenvalue weighted by atomic mass is 10.2. The number of halogens is 2. The van der Waals surface area contributed by atoms with Crippen LogP contribution in [0.25, 0.3) is 0 Å². The third-order valence-electron chi connectivity index (χ3n) is 3.26. The van der Waals surface area contributed by atoms with Gasteiger partial charge in [-0.3, -0.25) is 4.68 Å². The molecule has 21 heavy (non-hydrogen) atoms. The molecule has 3 nitrogen and oxygen atoms in total. The van der Waals surface area contributed by atoms with Gasteiger partial charge in [0.1, 0.15) is 5.82 Å². The van der Waals surface area contributed by atoms with E-state index in [1.165, 1.54) is 12.1 Å². The molecule has 5 heteroatoms. The Labute approximate surface area is 130 Å². The van der Waals surface area contributed by atoms with E-state index in [1.54, 1.807) is 6.07 Å². The molecular weight excluding hydrogens is 289 g/mol. The summed E-state index contributed by atoms with van der Waals surface area (Å²) in [6.45, 7) is 8.57. The Kier molecular flexibility index (Phi) is 5.37. The third-order valence-corrected chi connectivity index (χ3v) is 3.62. The molecule has 1 heterocycles. The number of hydrogen-bond acceptors (Lipinski definition) is 2. The highest BCUT2D eigenvalue weighted by atomic mass is 35.5. The molecule has 0 aliphatic heterocycles. The number of aryl methyl sites for hydroxylation is 1. The first-order valence-electron chi connectivity index (χ1n) is 7.13. The van der Waals surface area contributed by atoms with Gasteiger partial charge in [-0.15, -0.1) is 0 Å². The lowest BCUT2D eigenvalue weighted by Crippen LogP contribution is -2.19. The predicted octanol–water partition coefficient (Wildman–Crippen LogP) is 3.78. The average molecular weight is 310 g/mol. The average Bonchev–Trinajstić information content (AvgIpc) is 2.74. The Balaban J connectivity index is 2.06. The first kappa shape index (κ1) is 16.0. The topological polar surface area (TPSA) is 29.9 Å². The largest absolute Gasteiger partial charge is 0.312 e. The summed E-state index contributed by atoms with van der Waals surface area (Å²) < 4.78 is 15.1. The van der Waals surface area contributed by atoms with E-state index in [-0.39, 0.29) is 5.82 Å². The summed E-state index contributed by atoms with van der Waals surface area (Å²) >= 11 is 6.09. The minimum absolute atomic E-state index is 0.280. The van der Waals surface area contributed by atoms with E-state index in [1.807, 2.05) is 17.8 Å². The molecule has 0 unspecified atom stereocenters.